The maximum Gasteiger partial charge on any atom is 0.358 e. The van der Waals surface area contributed by atoms with Gasteiger partial charge in [0.25, 0.3) is 10.0 Å². The first-order valence-electron chi connectivity index (χ1n) is 6.06. The lowest BCUT2D eigenvalue weighted by molar-refractivity contribution is 0.0590. The molecule has 2 unspecified atom stereocenters. The second kappa shape index (κ2) is 6.42. The highest BCUT2D eigenvalue weighted by atomic mass is 32.2. The van der Waals surface area contributed by atoms with Crippen LogP contribution >= 0.6 is 23.1 Å². The smallest absolute Gasteiger partial charge is 0.358 e. The fraction of sp³-hybridized carbons (Fsp3) is 0.636. The predicted octanol–water partition coefficient (Wildman–Crippen LogP) is 1.49. The first kappa shape index (κ1) is 15.7. The van der Waals surface area contributed by atoms with Crippen molar-refractivity contribution in [1.29, 1.82) is 0 Å². The molecule has 1 N–H and O–H groups in total. The van der Waals surface area contributed by atoms with E-state index in [2.05, 4.69) is 14.4 Å². The first-order valence-corrected chi connectivity index (χ1v) is 9.71. The summed E-state index contributed by atoms with van der Waals surface area (Å²) in [5.41, 5.74) is 1.19. The van der Waals surface area contributed by atoms with Crippen molar-refractivity contribution in [3.8, 4) is 0 Å². The molecule has 1 aromatic heterocycles. The van der Waals surface area contributed by atoms with Gasteiger partial charge in [0, 0.05) is 11.3 Å². The number of sulfonamides is 1. The van der Waals surface area contributed by atoms with Gasteiger partial charge in [-0.2, -0.15) is 11.8 Å². The number of thioether (sulfide) groups is 1. The van der Waals surface area contributed by atoms with Gasteiger partial charge >= 0.3 is 5.97 Å². The molecule has 0 bridgehead atoms. The van der Waals surface area contributed by atoms with Gasteiger partial charge in [-0.3, -0.25) is 0 Å². The quantitative estimate of drug-likeness (QED) is 0.820. The summed E-state index contributed by atoms with van der Waals surface area (Å²) in [7, 11) is -2.54. The summed E-state index contributed by atoms with van der Waals surface area (Å²) in [6.07, 6.45) is 4.80. The predicted molar refractivity (Wildman–Crippen MR) is 78.7 cm³/mol. The number of carbonyl (C=O) groups excluding carboxylic acids is 1. The minimum atomic E-state index is -3.74. The second-order valence-electron chi connectivity index (χ2n) is 4.41. The van der Waals surface area contributed by atoms with E-state index in [1.54, 1.807) is 11.8 Å². The molecule has 0 spiro atoms. The fourth-order valence-electron chi connectivity index (χ4n) is 2.25. The van der Waals surface area contributed by atoms with Gasteiger partial charge in [-0.05, 0) is 19.1 Å². The molecule has 2 rings (SSSR count). The molecule has 0 aromatic carbocycles. The molecular formula is C11H16N2O4S3. The first-order chi connectivity index (χ1) is 9.49. The number of thiazole rings is 1. The van der Waals surface area contributed by atoms with Crippen molar-refractivity contribution < 1.29 is 17.9 Å². The number of nitrogens with one attached hydrogen (secondary N) is 1. The van der Waals surface area contributed by atoms with Gasteiger partial charge in [0.05, 0.1) is 12.6 Å². The van der Waals surface area contributed by atoms with Crippen LogP contribution < -0.4 is 4.72 Å². The van der Waals surface area contributed by atoms with E-state index in [9.17, 15) is 13.2 Å². The average Bonchev–Trinajstić information content (AvgIpc) is 3.05. The molecule has 1 aromatic rings. The number of methoxy groups -OCH3 is 1. The Kier molecular flexibility index (Phi) is 5.05. The van der Waals surface area contributed by atoms with Crippen LogP contribution in [0, 0.1) is 0 Å². The summed E-state index contributed by atoms with van der Waals surface area (Å²) < 4.78 is 32.0. The molecule has 0 aliphatic heterocycles. The fourth-order valence-corrected chi connectivity index (χ4v) is 5.74. The lowest BCUT2D eigenvalue weighted by Gasteiger charge is -2.18. The normalized spacial score (nSPS) is 22.9. The zero-order valence-electron chi connectivity index (χ0n) is 11.2. The molecule has 1 aliphatic rings. The Balaban J connectivity index is 2.23. The molecule has 0 radical (unpaired) electrons. The lowest BCUT2D eigenvalue weighted by atomic mass is 10.3. The van der Waals surface area contributed by atoms with Crippen molar-refractivity contribution in [1.82, 2.24) is 9.71 Å². The van der Waals surface area contributed by atoms with E-state index in [1.807, 2.05) is 6.26 Å². The number of nitrogens with zero attached hydrogens (tertiary/aromatic N) is 1. The van der Waals surface area contributed by atoms with Gasteiger partial charge in [-0.25, -0.2) is 22.9 Å². The minimum Gasteiger partial charge on any atom is -0.464 e. The molecule has 20 heavy (non-hydrogen) atoms. The van der Waals surface area contributed by atoms with Crippen LogP contribution in [0.25, 0.3) is 0 Å². The maximum absolute atomic E-state index is 12.4. The molecule has 0 saturated heterocycles. The van der Waals surface area contributed by atoms with Crippen molar-refractivity contribution in [3.05, 3.63) is 11.2 Å². The summed E-state index contributed by atoms with van der Waals surface area (Å²) >= 11 is 2.59. The molecule has 0 amide bonds. The van der Waals surface area contributed by atoms with Gasteiger partial charge in [0.15, 0.2) is 9.90 Å². The standard InChI is InChI=1S/C11H16N2O4S3/c1-17-10(14)9-11(19-6-12-9)20(15,16)13-7-4-3-5-8(7)18-2/h6-8,13H,3-5H2,1-2H3. The molecule has 6 nitrogen and oxygen atoms in total. The van der Waals surface area contributed by atoms with Gasteiger partial charge in [0.1, 0.15) is 0 Å². The van der Waals surface area contributed by atoms with Crippen LogP contribution in [-0.4, -0.2) is 44.0 Å². The van der Waals surface area contributed by atoms with Gasteiger partial charge in [-0.1, -0.05) is 6.42 Å². The molecule has 1 fully saturated rings. The molecule has 2 atom stereocenters. The van der Waals surface area contributed by atoms with E-state index in [0.717, 1.165) is 30.6 Å². The van der Waals surface area contributed by atoms with Crippen LogP contribution in [0.4, 0.5) is 0 Å². The SMILES string of the molecule is COC(=O)c1ncsc1S(=O)(=O)NC1CCCC1SC. The minimum absolute atomic E-state index is 0.0731. The van der Waals surface area contributed by atoms with Crippen molar-refractivity contribution in [2.24, 2.45) is 0 Å². The van der Waals surface area contributed by atoms with Gasteiger partial charge in [0.2, 0.25) is 0 Å². The zero-order chi connectivity index (χ0) is 14.8. The monoisotopic (exact) mass is 336 g/mol. The second-order valence-corrected chi connectivity index (χ2v) is 8.25. The third-order valence-corrected chi connectivity index (χ3v) is 7.25. The van der Waals surface area contributed by atoms with Crippen LogP contribution in [0.15, 0.2) is 9.72 Å². The topological polar surface area (TPSA) is 85.4 Å². The summed E-state index contributed by atoms with van der Waals surface area (Å²) in [5.74, 6) is -0.737. The Morgan fingerprint density at radius 2 is 2.30 bits per heavy atom. The van der Waals surface area contributed by atoms with Crippen molar-refractivity contribution in [3.63, 3.8) is 0 Å². The van der Waals surface area contributed by atoms with Crippen molar-refractivity contribution in [2.45, 2.75) is 34.8 Å². The van der Waals surface area contributed by atoms with Crippen molar-refractivity contribution >= 4 is 39.1 Å². The van der Waals surface area contributed by atoms with Crippen LogP contribution in [0.1, 0.15) is 29.8 Å². The number of esters is 1. The lowest BCUT2D eigenvalue weighted by Crippen LogP contribution is -2.38. The Hall–Kier alpha value is -0.640. The summed E-state index contributed by atoms with van der Waals surface area (Å²) in [4.78, 5) is 15.3. The number of rotatable bonds is 5. The Morgan fingerprint density at radius 1 is 1.55 bits per heavy atom. The molecule has 112 valence electrons. The number of aromatic nitrogens is 1. The Bertz CT molecular complexity index is 584. The average molecular weight is 336 g/mol. The van der Waals surface area contributed by atoms with Crippen LogP contribution in [-0.2, 0) is 14.8 Å². The number of ether oxygens (including phenoxy) is 1. The number of hydrogen-bond acceptors (Lipinski definition) is 7. The van der Waals surface area contributed by atoms with E-state index in [4.69, 9.17) is 0 Å². The summed E-state index contributed by atoms with van der Waals surface area (Å²) in [6.45, 7) is 0. The van der Waals surface area contributed by atoms with Crippen LogP contribution in [0.5, 0.6) is 0 Å². The van der Waals surface area contributed by atoms with Crippen LogP contribution in [0.3, 0.4) is 0 Å². The molecule has 1 saturated carbocycles. The number of hydrogen-bond donors (Lipinski definition) is 1. The third-order valence-electron chi connectivity index (χ3n) is 3.22. The largest absolute Gasteiger partial charge is 0.464 e. The van der Waals surface area contributed by atoms with E-state index in [0.29, 0.717) is 0 Å². The van der Waals surface area contributed by atoms with E-state index < -0.39 is 16.0 Å². The summed E-state index contributed by atoms with van der Waals surface area (Å²) in [6, 6.07) is -0.0948. The molecule has 9 heteroatoms. The van der Waals surface area contributed by atoms with Crippen molar-refractivity contribution in [2.75, 3.05) is 13.4 Å². The van der Waals surface area contributed by atoms with E-state index in [1.165, 1.54) is 12.6 Å². The molecular weight excluding hydrogens is 320 g/mol. The van der Waals surface area contributed by atoms with Gasteiger partial charge < -0.3 is 4.74 Å². The third kappa shape index (κ3) is 3.16. The van der Waals surface area contributed by atoms with Gasteiger partial charge in [-0.15, -0.1) is 11.3 Å². The number of carbonyl (C=O) groups is 1. The highest BCUT2D eigenvalue weighted by molar-refractivity contribution is 7.99. The Labute approximate surface area is 126 Å². The van der Waals surface area contributed by atoms with E-state index >= 15 is 0 Å². The highest BCUT2D eigenvalue weighted by Gasteiger charge is 2.33. The Morgan fingerprint density at radius 3 is 2.95 bits per heavy atom. The highest BCUT2D eigenvalue weighted by Crippen LogP contribution is 2.30. The van der Waals surface area contributed by atoms with Crippen LogP contribution in [0.2, 0.25) is 0 Å². The van der Waals surface area contributed by atoms with E-state index in [-0.39, 0.29) is 21.2 Å². The molecule has 1 heterocycles. The molecule has 1 aliphatic carbocycles. The maximum atomic E-state index is 12.4. The summed E-state index contributed by atoms with van der Waals surface area (Å²) in [5, 5.41) is 0.277. The zero-order valence-corrected chi connectivity index (χ0v) is 13.6.